The van der Waals surface area contributed by atoms with Gasteiger partial charge in [-0.25, -0.2) is 0 Å². The predicted molar refractivity (Wildman–Crippen MR) is 56.5 cm³/mol. The van der Waals surface area contributed by atoms with E-state index in [-0.39, 0.29) is 0 Å². The largest absolute Gasteiger partial charge is 0.311 e. The van der Waals surface area contributed by atoms with Gasteiger partial charge in [0.25, 0.3) is 0 Å². The van der Waals surface area contributed by atoms with Gasteiger partial charge in [0, 0.05) is 6.04 Å². The fraction of sp³-hybridized carbons (Fsp3) is 0.333. The van der Waals surface area contributed by atoms with Crippen molar-refractivity contribution in [2.24, 2.45) is 0 Å². The maximum Gasteiger partial charge on any atom is 0.0253 e. The summed E-state index contributed by atoms with van der Waals surface area (Å²) in [5, 5.41) is 3.44. The molecule has 1 nitrogen and oxygen atoms in total. The van der Waals surface area contributed by atoms with Crippen molar-refractivity contribution in [2.45, 2.75) is 18.9 Å². The van der Waals surface area contributed by atoms with Crippen molar-refractivity contribution in [3.8, 4) is 0 Å². The van der Waals surface area contributed by atoms with Gasteiger partial charge >= 0.3 is 0 Å². The average Bonchev–Trinajstić information content (AvgIpc) is 2.69. The molecule has 1 saturated heterocycles. The Bertz CT molecular complexity index is 270. The third kappa shape index (κ3) is 2.43. The van der Waals surface area contributed by atoms with Crippen LogP contribution in [0.25, 0.3) is 6.08 Å². The Labute approximate surface area is 79.5 Å². The molecule has 0 amide bonds. The second-order valence-electron chi connectivity index (χ2n) is 3.47. The molecule has 0 bridgehead atoms. The summed E-state index contributed by atoms with van der Waals surface area (Å²) >= 11 is 0. The molecule has 1 fully saturated rings. The van der Waals surface area contributed by atoms with Gasteiger partial charge in [-0.15, -0.1) is 0 Å². The molecule has 0 saturated carbocycles. The zero-order valence-electron chi connectivity index (χ0n) is 7.74. The van der Waals surface area contributed by atoms with Crippen molar-refractivity contribution >= 4 is 6.08 Å². The molecule has 1 heterocycles. The maximum absolute atomic E-state index is 3.44. The van der Waals surface area contributed by atoms with E-state index in [4.69, 9.17) is 0 Å². The monoisotopic (exact) mass is 173 g/mol. The molecule has 13 heavy (non-hydrogen) atoms. The Morgan fingerprint density at radius 2 is 2.08 bits per heavy atom. The maximum atomic E-state index is 3.44. The standard InChI is InChI=1S/C12H15N/c1-2-5-11(6-3-1)8-9-12-7-4-10-13-12/h1-3,5-6,8-9,12-13H,4,7,10H2/b9-8-/t12-/m1/s1. The number of benzene rings is 1. The van der Waals surface area contributed by atoms with Crippen LogP contribution in [-0.4, -0.2) is 12.6 Å². The van der Waals surface area contributed by atoms with Crippen LogP contribution in [0, 0.1) is 0 Å². The highest BCUT2D eigenvalue weighted by Crippen LogP contribution is 2.08. The minimum absolute atomic E-state index is 0.597. The minimum Gasteiger partial charge on any atom is -0.311 e. The summed E-state index contributed by atoms with van der Waals surface area (Å²) < 4.78 is 0. The number of hydrogen-bond donors (Lipinski definition) is 1. The van der Waals surface area contributed by atoms with Crippen LogP contribution in [0.3, 0.4) is 0 Å². The smallest absolute Gasteiger partial charge is 0.0253 e. The molecule has 1 heteroatoms. The molecule has 68 valence electrons. The highest BCUT2D eigenvalue weighted by Gasteiger charge is 2.09. The first-order valence-corrected chi connectivity index (χ1v) is 4.92. The van der Waals surface area contributed by atoms with Gasteiger partial charge in [-0.1, -0.05) is 42.5 Å². The third-order valence-electron chi connectivity index (χ3n) is 2.42. The molecule has 1 aromatic rings. The van der Waals surface area contributed by atoms with Crippen molar-refractivity contribution in [3.63, 3.8) is 0 Å². The molecular weight excluding hydrogens is 158 g/mol. The first-order valence-electron chi connectivity index (χ1n) is 4.92. The van der Waals surface area contributed by atoms with Crippen molar-refractivity contribution in [1.29, 1.82) is 0 Å². The van der Waals surface area contributed by atoms with E-state index < -0.39 is 0 Å². The summed E-state index contributed by atoms with van der Waals surface area (Å²) in [6.07, 6.45) is 7.05. The second kappa shape index (κ2) is 4.24. The first kappa shape index (κ1) is 8.52. The van der Waals surface area contributed by atoms with Crippen molar-refractivity contribution in [1.82, 2.24) is 5.32 Å². The van der Waals surface area contributed by atoms with Gasteiger partial charge in [0.2, 0.25) is 0 Å². The van der Waals surface area contributed by atoms with Crippen LogP contribution in [0.5, 0.6) is 0 Å². The molecule has 1 aliphatic rings. The fourth-order valence-electron chi connectivity index (χ4n) is 1.67. The number of nitrogens with one attached hydrogen (secondary N) is 1. The highest BCUT2D eigenvalue weighted by molar-refractivity contribution is 5.49. The zero-order valence-corrected chi connectivity index (χ0v) is 7.74. The molecule has 0 aromatic heterocycles. The normalized spacial score (nSPS) is 22.6. The zero-order chi connectivity index (χ0) is 8.93. The molecule has 0 aliphatic carbocycles. The van der Waals surface area contributed by atoms with Gasteiger partial charge in [-0.05, 0) is 24.9 Å². The van der Waals surface area contributed by atoms with Crippen LogP contribution in [0.2, 0.25) is 0 Å². The molecule has 1 aliphatic heterocycles. The van der Waals surface area contributed by atoms with Crippen LogP contribution >= 0.6 is 0 Å². The molecule has 0 unspecified atom stereocenters. The van der Waals surface area contributed by atoms with Crippen molar-refractivity contribution in [2.75, 3.05) is 6.54 Å². The summed E-state index contributed by atoms with van der Waals surface area (Å²) in [7, 11) is 0. The van der Waals surface area contributed by atoms with E-state index in [2.05, 4.69) is 41.7 Å². The molecule has 1 atom stereocenters. The van der Waals surface area contributed by atoms with E-state index in [1.54, 1.807) is 0 Å². The van der Waals surface area contributed by atoms with E-state index >= 15 is 0 Å². The van der Waals surface area contributed by atoms with Gasteiger partial charge < -0.3 is 5.32 Å². The van der Waals surface area contributed by atoms with Crippen LogP contribution < -0.4 is 5.32 Å². The average molecular weight is 173 g/mol. The predicted octanol–water partition coefficient (Wildman–Crippen LogP) is 2.45. The Morgan fingerprint density at radius 1 is 1.23 bits per heavy atom. The summed E-state index contributed by atoms with van der Waals surface area (Å²) in [6.45, 7) is 1.17. The van der Waals surface area contributed by atoms with Crippen LogP contribution in [-0.2, 0) is 0 Å². The van der Waals surface area contributed by atoms with Gasteiger partial charge in [-0.3, -0.25) is 0 Å². The van der Waals surface area contributed by atoms with E-state index in [1.165, 1.54) is 24.9 Å². The summed E-state index contributed by atoms with van der Waals surface area (Å²) in [4.78, 5) is 0. The first-order chi connectivity index (χ1) is 6.45. The summed E-state index contributed by atoms with van der Waals surface area (Å²) in [6, 6.07) is 11.0. The lowest BCUT2D eigenvalue weighted by Crippen LogP contribution is -2.17. The Hall–Kier alpha value is -1.08. The van der Waals surface area contributed by atoms with Crippen LogP contribution in [0.15, 0.2) is 36.4 Å². The second-order valence-corrected chi connectivity index (χ2v) is 3.47. The minimum atomic E-state index is 0.597. The van der Waals surface area contributed by atoms with E-state index in [0.29, 0.717) is 6.04 Å². The summed E-state index contributed by atoms with van der Waals surface area (Å²) in [5.74, 6) is 0. The van der Waals surface area contributed by atoms with Gasteiger partial charge in [0.1, 0.15) is 0 Å². The van der Waals surface area contributed by atoms with Crippen molar-refractivity contribution < 1.29 is 0 Å². The van der Waals surface area contributed by atoms with E-state index in [1.807, 2.05) is 6.07 Å². The Morgan fingerprint density at radius 3 is 2.77 bits per heavy atom. The third-order valence-corrected chi connectivity index (χ3v) is 2.42. The van der Waals surface area contributed by atoms with Gasteiger partial charge in [-0.2, -0.15) is 0 Å². The van der Waals surface area contributed by atoms with Crippen LogP contribution in [0.1, 0.15) is 18.4 Å². The lowest BCUT2D eigenvalue weighted by atomic mass is 10.1. The molecular formula is C12H15N. The quantitative estimate of drug-likeness (QED) is 0.724. The van der Waals surface area contributed by atoms with E-state index in [0.717, 1.165) is 0 Å². The topological polar surface area (TPSA) is 12.0 Å². The van der Waals surface area contributed by atoms with Gasteiger partial charge in [0.15, 0.2) is 0 Å². The highest BCUT2D eigenvalue weighted by atomic mass is 14.9. The molecule has 2 rings (SSSR count). The number of rotatable bonds is 2. The van der Waals surface area contributed by atoms with Gasteiger partial charge in [0.05, 0.1) is 0 Å². The SMILES string of the molecule is C(=C/[C@H]1CCCN1)/c1ccccc1. The summed E-state index contributed by atoms with van der Waals surface area (Å²) in [5.41, 5.74) is 1.29. The van der Waals surface area contributed by atoms with Crippen LogP contribution in [0.4, 0.5) is 0 Å². The fourth-order valence-corrected chi connectivity index (χ4v) is 1.67. The Kier molecular flexibility index (Phi) is 2.78. The lowest BCUT2D eigenvalue weighted by molar-refractivity contribution is 0.730. The van der Waals surface area contributed by atoms with E-state index in [9.17, 15) is 0 Å². The lowest BCUT2D eigenvalue weighted by Gasteiger charge is -2.01. The molecule has 1 N–H and O–H groups in total. The molecule has 0 radical (unpaired) electrons. The Balaban J connectivity index is 1.97. The van der Waals surface area contributed by atoms with Crippen molar-refractivity contribution in [3.05, 3.63) is 42.0 Å². The molecule has 0 spiro atoms. The number of hydrogen-bond acceptors (Lipinski definition) is 1. The molecule has 1 aromatic carbocycles.